The number of pyridine rings is 1. The van der Waals surface area contributed by atoms with Gasteiger partial charge >= 0.3 is 0 Å². The Morgan fingerprint density at radius 3 is 2.57 bits per heavy atom. The SMILES string of the molecule is COc1ccc(OC)c(N2CC(C(=O)Nc3cc(F)ccc3NC(=O)c3ccccn3)CC2=O)c1. The summed E-state index contributed by atoms with van der Waals surface area (Å²) in [4.78, 5) is 43.7. The molecule has 9 nitrogen and oxygen atoms in total. The second kappa shape index (κ2) is 10.2. The Morgan fingerprint density at radius 1 is 1.03 bits per heavy atom. The van der Waals surface area contributed by atoms with Crippen molar-refractivity contribution in [1.29, 1.82) is 0 Å². The van der Waals surface area contributed by atoms with Crippen molar-refractivity contribution in [2.75, 3.05) is 36.3 Å². The number of hydrogen-bond acceptors (Lipinski definition) is 6. The van der Waals surface area contributed by atoms with Gasteiger partial charge in [-0.1, -0.05) is 6.07 Å². The predicted molar refractivity (Wildman–Crippen MR) is 127 cm³/mol. The lowest BCUT2D eigenvalue weighted by molar-refractivity contribution is -0.122. The van der Waals surface area contributed by atoms with E-state index in [1.807, 2.05) is 0 Å². The van der Waals surface area contributed by atoms with Gasteiger partial charge in [-0.2, -0.15) is 0 Å². The predicted octanol–water partition coefficient (Wildman–Crippen LogP) is 3.48. The molecular weight excluding hydrogens is 455 g/mol. The number of nitrogens with zero attached hydrogens (tertiary/aromatic N) is 2. The summed E-state index contributed by atoms with van der Waals surface area (Å²) in [5.41, 5.74) is 0.926. The summed E-state index contributed by atoms with van der Waals surface area (Å²) in [7, 11) is 3.00. The maximum absolute atomic E-state index is 14.0. The zero-order valence-electron chi connectivity index (χ0n) is 19.1. The number of carbonyl (C=O) groups excluding carboxylic acids is 3. The zero-order chi connectivity index (χ0) is 24.9. The Balaban J connectivity index is 1.51. The fourth-order valence-corrected chi connectivity index (χ4v) is 3.77. The van der Waals surface area contributed by atoms with Gasteiger partial charge in [0.25, 0.3) is 5.91 Å². The molecule has 180 valence electrons. The molecule has 3 amide bonds. The number of anilines is 3. The van der Waals surface area contributed by atoms with E-state index >= 15 is 0 Å². The smallest absolute Gasteiger partial charge is 0.274 e. The third-order valence-electron chi connectivity index (χ3n) is 5.56. The van der Waals surface area contributed by atoms with Gasteiger partial charge in [-0.15, -0.1) is 0 Å². The number of amides is 3. The van der Waals surface area contributed by atoms with Crippen molar-refractivity contribution in [1.82, 2.24) is 4.98 Å². The van der Waals surface area contributed by atoms with Crippen LogP contribution in [0.2, 0.25) is 0 Å². The molecule has 1 aromatic heterocycles. The highest BCUT2D eigenvalue weighted by Gasteiger charge is 2.36. The highest BCUT2D eigenvalue weighted by atomic mass is 19.1. The minimum atomic E-state index is -0.707. The molecule has 1 atom stereocenters. The molecule has 4 rings (SSSR count). The second-order valence-electron chi connectivity index (χ2n) is 7.79. The number of hydrogen-bond donors (Lipinski definition) is 2. The molecule has 10 heteroatoms. The molecule has 0 saturated carbocycles. The summed E-state index contributed by atoms with van der Waals surface area (Å²) in [5.74, 6) is -1.57. The van der Waals surface area contributed by atoms with Crippen molar-refractivity contribution in [3.8, 4) is 11.5 Å². The van der Waals surface area contributed by atoms with Gasteiger partial charge in [0.2, 0.25) is 11.8 Å². The van der Waals surface area contributed by atoms with Crippen LogP contribution >= 0.6 is 0 Å². The molecule has 1 saturated heterocycles. The van der Waals surface area contributed by atoms with Gasteiger partial charge in [-0.05, 0) is 42.5 Å². The molecule has 0 bridgehead atoms. The van der Waals surface area contributed by atoms with E-state index in [0.717, 1.165) is 6.07 Å². The van der Waals surface area contributed by atoms with Crippen molar-refractivity contribution < 1.29 is 28.2 Å². The molecule has 1 aliphatic heterocycles. The number of nitrogens with one attached hydrogen (secondary N) is 2. The first-order chi connectivity index (χ1) is 16.9. The molecule has 1 unspecified atom stereocenters. The van der Waals surface area contributed by atoms with E-state index in [9.17, 15) is 18.8 Å². The molecule has 2 N–H and O–H groups in total. The fraction of sp³-hybridized carbons (Fsp3) is 0.200. The molecule has 2 heterocycles. The van der Waals surface area contributed by atoms with Gasteiger partial charge in [0.15, 0.2) is 0 Å². The molecule has 1 fully saturated rings. The maximum atomic E-state index is 14.0. The highest BCUT2D eigenvalue weighted by molar-refractivity contribution is 6.08. The lowest BCUT2D eigenvalue weighted by Crippen LogP contribution is -2.28. The number of carbonyl (C=O) groups is 3. The van der Waals surface area contributed by atoms with Gasteiger partial charge in [-0.3, -0.25) is 19.4 Å². The van der Waals surface area contributed by atoms with E-state index in [4.69, 9.17) is 9.47 Å². The average Bonchev–Trinajstić information content (AvgIpc) is 3.27. The fourth-order valence-electron chi connectivity index (χ4n) is 3.77. The van der Waals surface area contributed by atoms with E-state index in [1.165, 1.54) is 43.5 Å². The van der Waals surface area contributed by atoms with Crippen LogP contribution in [0.25, 0.3) is 0 Å². The topological polar surface area (TPSA) is 110 Å². The number of ether oxygens (including phenoxy) is 2. The first-order valence-electron chi connectivity index (χ1n) is 10.7. The van der Waals surface area contributed by atoms with Crippen molar-refractivity contribution in [2.24, 2.45) is 5.92 Å². The number of methoxy groups -OCH3 is 2. The van der Waals surface area contributed by atoms with Crippen LogP contribution in [0.4, 0.5) is 21.5 Å². The summed E-state index contributed by atoms with van der Waals surface area (Å²) >= 11 is 0. The Hall–Kier alpha value is -4.47. The first-order valence-corrected chi connectivity index (χ1v) is 10.7. The number of aromatic nitrogens is 1. The van der Waals surface area contributed by atoms with Crippen LogP contribution < -0.4 is 25.0 Å². The molecule has 35 heavy (non-hydrogen) atoms. The molecule has 0 spiro atoms. The van der Waals surface area contributed by atoms with Gasteiger partial charge < -0.3 is 25.0 Å². The lowest BCUT2D eigenvalue weighted by atomic mass is 10.1. The summed E-state index contributed by atoms with van der Waals surface area (Å²) in [5, 5.41) is 5.28. The molecule has 1 aliphatic rings. The summed E-state index contributed by atoms with van der Waals surface area (Å²) in [6, 6.07) is 13.5. The second-order valence-corrected chi connectivity index (χ2v) is 7.79. The van der Waals surface area contributed by atoms with Crippen LogP contribution in [0.5, 0.6) is 11.5 Å². The van der Waals surface area contributed by atoms with Crippen LogP contribution in [0, 0.1) is 11.7 Å². The van der Waals surface area contributed by atoms with Crippen molar-refractivity contribution in [3.05, 3.63) is 72.3 Å². The average molecular weight is 478 g/mol. The van der Waals surface area contributed by atoms with E-state index in [1.54, 1.807) is 30.3 Å². The Kier molecular flexibility index (Phi) is 6.91. The largest absolute Gasteiger partial charge is 0.497 e. The van der Waals surface area contributed by atoms with Gasteiger partial charge in [0.05, 0.1) is 37.2 Å². The van der Waals surface area contributed by atoms with E-state index in [2.05, 4.69) is 15.6 Å². The third-order valence-corrected chi connectivity index (χ3v) is 5.56. The van der Waals surface area contributed by atoms with Gasteiger partial charge in [0, 0.05) is 25.2 Å². The highest BCUT2D eigenvalue weighted by Crippen LogP contribution is 2.36. The Morgan fingerprint density at radius 2 is 1.86 bits per heavy atom. The van der Waals surface area contributed by atoms with Gasteiger partial charge in [0.1, 0.15) is 23.0 Å². The van der Waals surface area contributed by atoms with Crippen LogP contribution in [0.3, 0.4) is 0 Å². The third kappa shape index (κ3) is 5.21. The summed E-state index contributed by atoms with van der Waals surface area (Å²) in [6.45, 7) is 0.0964. The molecule has 2 aromatic carbocycles. The summed E-state index contributed by atoms with van der Waals surface area (Å²) < 4.78 is 24.6. The van der Waals surface area contributed by atoms with Gasteiger partial charge in [-0.25, -0.2) is 4.39 Å². The van der Waals surface area contributed by atoms with Crippen molar-refractivity contribution in [2.45, 2.75) is 6.42 Å². The van der Waals surface area contributed by atoms with Crippen LogP contribution in [-0.4, -0.2) is 43.5 Å². The normalized spacial score (nSPS) is 15.0. The van der Waals surface area contributed by atoms with Crippen molar-refractivity contribution in [3.63, 3.8) is 0 Å². The van der Waals surface area contributed by atoms with Crippen molar-refractivity contribution >= 4 is 34.8 Å². The standard InChI is InChI=1S/C25H23FN4O5/c1-34-17-7-9-22(35-2)21(13-17)30-14-15(11-23(30)31)24(32)29-20-12-16(26)6-8-18(20)28-25(33)19-5-3-4-10-27-19/h3-10,12-13,15H,11,14H2,1-2H3,(H,28,33)(H,29,32). The Bertz CT molecular complexity index is 1270. The minimum Gasteiger partial charge on any atom is -0.497 e. The van der Waals surface area contributed by atoms with E-state index < -0.39 is 23.5 Å². The maximum Gasteiger partial charge on any atom is 0.274 e. The number of rotatable bonds is 7. The minimum absolute atomic E-state index is 0.0445. The molecule has 3 aromatic rings. The molecular formula is C25H23FN4O5. The van der Waals surface area contributed by atoms with E-state index in [-0.39, 0.29) is 35.9 Å². The Labute approximate surface area is 200 Å². The van der Waals surface area contributed by atoms with Crippen LogP contribution in [-0.2, 0) is 9.59 Å². The molecule has 0 aliphatic carbocycles. The lowest BCUT2D eigenvalue weighted by Gasteiger charge is -2.20. The molecule has 0 radical (unpaired) electrons. The van der Waals surface area contributed by atoms with E-state index in [0.29, 0.717) is 17.2 Å². The monoisotopic (exact) mass is 478 g/mol. The first kappa shape index (κ1) is 23.7. The van der Waals surface area contributed by atoms with Crippen LogP contribution in [0.15, 0.2) is 60.8 Å². The summed E-state index contributed by atoms with van der Waals surface area (Å²) in [6.07, 6.45) is 1.43. The number of halogens is 1. The zero-order valence-corrected chi connectivity index (χ0v) is 19.1. The van der Waals surface area contributed by atoms with Crippen LogP contribution in [0.1, 0.15) is 16.9 Å². The quantitative estimate of drug-likeness (QED) is 0.538. The number of benzene rings is 2.